The van der Waals surface area contributed by atoms with Crippen LogP contribution in [0.1, 0.15) is 22.3 Å². The number of aryl methyl sites for hydroxylation is 3. The van der Waals surface area contributed by atoms with Gasteiger partial charge in [-0.2, -0.15) is 5.56 Å². The first-order valence-corrected chi connectivity index (χ1v) is 10.2. The maximum atomic E-state index is 2.45. The van der Waals surface area contributed by atoms with E-state index in [1.807, 2.05) is 0 Å². The molecule has 0 aliphatic heterocycles. The predicted octanol–water partition coefficient (Wildman–Crippen LogP) is -1.09. The van der Waals surface area contributed by atoms with E-state index in [-0.39, 0.29) is 51.0 Å². The fraction of sp³-hybridized carbons (Fsp3) is 0.438. The molecule has 0 amide bonds. The quantitative estimate of drug-likeness (QED) is 0.440. The summed E-state index contributed by atoms with van der Waals surface area (Å²) in [5.41, 5.74) is 5.90. The molecule has 0 saturated heterocycles. The molecule has 2 aromatic carbocycles. The van der Waals surface area contributed by atoms with Crippen molar-refractivity contribution in [2.75, 3.05) is 0 Å². The van der Waals surface area contributed by atoms with Crippen LogP contribution in [0.15, 0.2) is 18.2 Å². The molecule has 0 N–H and O–H groups in total. The average Bonchev–Trinajstić information content (AvgIpc) is 2.48. The van der Waals surface area contributed by atoms with Crippen LogP contribution in [0, 0.1) is 20.8 Å². The van der Waals surface area contributed by atoms with E-state index in [1.54, 1.807) is 5.56 Å². The number of hydrogen-bond donors (Lipinski definition) is 0. The zero-order valence-corrected chi connectivity index (χ0v) is 18.2. The van der Waals surface area contributed by atoms with E-state index in [2.05, 4.69) is 58.6 Å². The van der Waals surface area contributed by atoms with Crippen molar-refractivity contribution in [3.05, 3.63) is 40.5 Å². The molecule has 0 aromatic heterocycles. The first kappa shape index (κ1) is 22.8. The summed E-state index contributed by atoms with van der Waals surface area (Å²) in [4.78, 5) is 0. The number of rotatable bonds is 2. The molecular weight excluding hydrogens is 382 g/mol. The number of benzene rings is 1. The maximum Gasteiger partial charge on any atom is 3.00 e. The molecule has 0 spiro atoms. The molecule has 0 atom stereocenters. The van der Waals surface area contributed by atoms with Gasteiger partial charge in [-0.3, -0.25) is 0 Å². The Kier molecular flexibility index (Phi) is 9.37. The Labute approximate surface area is 156 Å². The minimum absolute atomic E-state index is 0. The molecule has 109 valence electrons. The molecule has 4 heteroatoms. The summed E-state index contributed by atoms with van der Waals surface area (Å²) in [7, 11) is -1.05. The van der Waals surface area contributed by atoms with Crippen molar-refractivity contribution in [2.24, 2.45) is 0 Å². The van der Waals surface area contributed by atoms with Crippen LogP contribution in [-0.2, 0) is 32.2 Å². The molecule has 2 aromatic rings. The predicted molar refractivity (Wildman–Crippen MR) is 80.8 cm³/mol. The Morgan fingerprint density at radius 1 is 1.00 bits per heavy atom. The molecule has 0 unspecified atom stereocenters. The molecule has 20 heavy (non-hydrogen) atoms. The topological polar surface area (TPSA) is 0 Å². The van der Waals surface area contributed by atoms with Crippen molar-refractivity contribution in [2.45, 2.75) is 46.5 Å². The van der Waals surface area contributed by atoms with Gasteiger partial charge < -0.3 is 24.8 Å². The standard InChI is InChI=1S/C16H23Si.2ClH.Zr/c1-11-7-8-14(10-17(4,5)6)16-13(3)12(2)9-15(11)16;;;/h7-9H,10H2,1-6H3;2*1H;/q-1;;;+3/p-2. The van der Waals surface area contributed by atoms with Gasteiger partial charge in [-0.05, 0) is 6.04 Å². The second-order valence-corrected chi connectivity index (χ2v) is 12.0. The maximum absolute atomic E-state index is 2.45. The third-order valence-corrected chi connectivity index (χ3v) is 5.04. The van der Waals surface area contributed by atoms with Gasteiger partial charge in [0.15, 0.2) is 0 Å². The molecule has 0 fully saturated rings. The summed E-state index contributed by atoms with van der Waals surface area (Å²) in [6.07, 6.45) is 0. The molecule has 2 rings (SSSR count). The van der Waals surface area contributed by atoms with E-state index in [1.165, 1.54) is 33.5 Å². The SMILES string of the molecule is Cc1[cH-]c2c(C)ccc(C[Si](C)(C)C)c2c1C.[Cl-].[Cl-].[Zr+3]. The van der Waals surface area contributed by atoms with Crippen LogP contribution in [0.3, 0.4) is 0 Å². The van der Waals surface area contributed by atoms with Gasteiger partial charge in [0, 0.05) is 8.07 Å². The van der Waals surface area contributed by atoms with Crippen molar-refractivity contribution in [1.29, 1.82) is 0 Å². The normalized spacial score (nSPS) is 10.5. The van der Waals surface area contributed by atoms with Crippen LogP contribution >= 0.6 is 0 Å². The molecule has 0 bridgehead atoms. The Morgan fingerprint density at radius 3 is 2.05 bits per heavy atom. The van der Waals surface area contributed by atoms with Crippen LogP contribution in [-0.4, -0.2) is 8.07 Å². The summed E-state index contributed by atoms with van der Waals surface area (Å²) in [6.45, 7) is 14.1. The summed E-state index contributed by atoms with van der Waals surface area (Å²) >= 11 is 0. The van der Waals surface area contributed by atoms with Gasteiger partial charge in [-0.15, -0.1) is 34.0 Å². The van der Waals surface area contributed by atoms with Crippen molar-refractivity contribution in [3.8, 4) is 0 Å². The summed E-state index contributed by atoms with van der Waals surface area (Å²) in [5, 5.41) is 3.00. The zero-order valence-electron chi connectivity index (χ0n) is 13.2. The van der Waals surface area contributed by atoms with Gasteiger partial charge in [-0.1, -0.05) is 52.0 Å². The van der Waals surface area contributed by atoms with E-state index in [0.29, 0.717) is 0 Å². The Balaban J connectivity index is 0. The Morgan fingerprint density at radius 2 is 1.55 bits per heavy atom. The number of hydrogen-bond acceptors (Lipinski definition) is 0. The van der Waals surface area contributed by atoms with Crippen LogP contribution in [0.5, 0.6) is 0 Å². The molecule has 0 saturated carbocycles. The third kappa shape index (κ3) is 4.77. The summed E-state index contributed by atoms with van der Waals surface area (Å²) < 4.78 is 0. The van der Waals surface area contributed by atoms with Crippen LogP contribution in [0.2, 0.25) is 19.6 Å². The summed E-state index contributed by atoms with van der Waals surface area (Å²) in [6, 6.07) is 8.28. The van der Waals surface area contributed by atoms with Gasteiger partial charge >= 0.3 is 26.2 Å². The van der Waals surface area contributed by atoms with Gasteiger partial charge in [0.2, 0.25) is 0 Å². The van der Waals surface area contributed by atoms with Gasteiger partial charge in [0.05, 0.1) is 0 Å². The van der Waals surface area contributed by atoms with Crippen LogP contribution in [0.4, 0.5) is 0 Å². The van der Waals surface area contributed by atoms with Crippen molar-refractivity contribution >= 4 is 18.8 Å². The van der Waals surface area contributed by atoms with Gasteiger partial charge in [0.1, 0.15) is 0 Å². The number of fused-ring (bicyclic) bond motifs is 1. The fourth-order valence-corrected chi connectivity index (χ4v) is 4.08. The first-order chi connectivity index (χ1) is 7.79. The Bertz CT molecular complexity index is 568. The van der Waals surface area contributed by atoms with Crippen molar-refractivity contribution < 1.29 is 51.0 Å². The number of halogens is 2. The smallest absolute Gasteiger partial charge is 1.00 e. The molecule has 1 radical (unpaired) electrons. The molecular formula is C16H23Cl2SiZr. The van der Waals surface area contributed by atoms with Gasteiger partial charge in [0.25, 0.3) is 0 Å². The molecule has 0 aliphatic rings. The molecule has 0 heterocycles. The summed E-state index contributed by atoms with van der Waals surface area (Å²) in [5.74, 6) is 0. The molecule has 0 aliphatic carbocycles. The van der Waals surface area contributed by atoms with E-state index >= 15 is 0 Å². The zero-order chi connectivity index (χ0) is 12.8. The second-order valence-electron chi connectivity index (χ2n) is 6.52. The first-order valence-electron chi connectivity index (χ1n) is 6.45. The minimum atomic E-state index is -1.05. The molecule has 0 nitrogen and oxygen atoms in total. The Hall–Kier alpha value is 0.510. The van der Waals surface area contributed by atoms with E-state index in [0.717, 1.165) is 0 Å². The average molecular weight is 406 g/mol. The second kappa shape index (κ2) is 8.22. The van der Waals surface area contributed by atoms with Crippen LogP contribution in [0.25, 0.3) is 10.8 Å². The van der Waals surface area contributed by atoms with Gasteiger partial charge in [-0.25, -0.2) is 0 Å². The van der Waals surface area contributed by atoms with Crippen molar-refractivity contribution in [1.82, 2.24) is 0 Å². The monoisotopic (exact) mass is 403 g/mol. The van der Waals surface area contributed by atoms with E-state index < -0.39 is 8.07 Å². The third-order valence-electron chi connectivity index (χ3n) is 3.60. The van der Waals surface area contributed by atoms with E-state index in [4.69, 9.17) is 0 Å². The van der Waals surface area contributed by atoms with Crippen molar-refractivity contribution in [3.63, 3.8) is 0 Å². The van der Waals surface area contributed by atoms with Crippen LogP contribution < -0.4 is 24.8 Å². The largest absolute Gasteiger partial charge is 3.00 e. The van der Waals surface area contributed by atoms with E-state index in [9.17, 15) is 0 Å². The fourth-order valence-electron chi connectivity index (χ4n) is 2.64. The minimum Gasteiger partial charge on any atom is -1.00 e.